The van der Waals surface area contributed by atoms with Crippen LogP contribution < -0.4 is 5.32 Å². The van der Waals surface area contributed by atoms with Crippen molar-refractivity contribution in [1.82, 2.24) is 15.1 Å². The van der Waals surface area contributed by atoms with Gasteiger partial charge in [0.1, 0.15) is 6.61 Å². The fraction of sp³-hybridized carbons (Fsp3) is 0.750. The van der Waals surface area contributed by atoms with E-state index in [0.717, 1.165) is 5.69 Å². The first-order chi connectivity index (χ1) is 9.35. The number of alkyl halides is 4. The summed E-state index contributed by atoms with van der Waals surface area (Å²) >= 11 is 0. The van der Waals surface area contributed by atoms with Crippen LogP contribution in [-0.4, -0.2) is 47.9 Å². The van der Waals surface area contributed by atoms with Crippen molar-refractivity contribution in [1.29, 1.82) is 0 Å². The van der Waals surface area contributed by atoms with Crippen LogP contribution >= 0.6 is 0 Å². The number of ether oxygens (including phenoxy) is 1. The van der Waals surface area contributed by atoms with Crippen LogP contribution in [0.3, 0.4) is 0 Å². The Morgan fingerprint density at radius 2 is 2.15 bits per heavy atom. The summed E-state index contributed by atoms with van der Waals surface area (Å²) in [7, 11) is 1.77. The molecule has 1 atom stereocenters. The van der Waals surface area contributed by atoms with Gasteiger partial charge >= 0.3 is 12.3 Å². The van der Waals surface area contributed by atoms with Gasteiger partial charge in [-0.15, -0.1) is 0 Å². The molecule has 1 unspecified atom stereocenters. The molecule has 0 radical (unpaired) electrons. The van der Waals surface area contributed by atoms with Crippen LogP contribution in [0.1, 0.15) is 12.6 Å². The molecule has 20 heavy (non-hydrogen) atoms. The first-order valence-electron chi connectivity index (χ1n) is 6.30. The van der Waals surface area contributed by atoms with Gasteiger partial charge in [-0.25, -0.2) is 8.78 Å². The molecule has 0 saturated heterocycles. The van der Waals surface area contributed by atoms with Gasteiger partial charge < -0.3 is 10.1 Å². The number of aryl methyl sites for hydroxylation is 1. The van der Waals surface area contributed by atoms with Crippen LogP contribution in [0.2, 0.25) is 0 Å². The molecule has 4 nitrogen and oxygen atoms in total. The maximum absolute atomic E-state index is 12.7. The first-order valence-corrected chi connectivity index (χ1v) is 6.30. The zero-order valence-corrected chi connectivity index (χ0v) is 11.5. The summed E-state index contributed by atoms with van der Waals surface area (Å²) in [6.07, 6.45) is -1.46. The number of hydrogen-bond donors (Lipinski definition) is 1. The molecule has 116 valence electrons. The van der Waals surface area contributed by atoms with Crippen molar-refractivity contribution in [2.24, 2.45) is 7.05 Å². The SMILES string of the molecule is CCNC(COCC(F)(F)C(F)F)Cc1ccn(C)n1. The molecule has 0 aliphatic carbocycles. The monoisotopic (exact) mass is 297 g/mol. The van der Waals surface area contributed by atoms with Crippen molar-refractivity contribution in [3.05, 3.63) is 18.0 Å². The van der Waals surface area contributed by atoms with E-state index in [1.807, 2.05) is 6.92 Å². The van der Waals surface area contributed by atoms with E-state index >= 15 is 0 Å². The number of nitrogens with one attached hydrogen (secondary N) is 1. The van der Waals surface area contributed by atoms with E-state index in [2.05, 4.69) is 10.4 Å². The Hall–Kier alpha value is -1.15. The fourth-order valence-corrected chi connectivity index (χ4v) is 1.70. The van der Waals surface area contributed by atoms with Crippen molar-refractivity contribution in [3.63, 3.8) is 0 Å². The van der Waals surface area contributed by atoms with Gasteiger partial charge in [0.2, 0.25) is 0 Å². The second-order valence-electron chi connectivity index (χ2n) is 4.52. The molecule has 1 N–H and O–H groups in total. The smallest absolute Gasteiger partial charge is 0.330 e. The summed E-state index contributed by atoms with van der Waals surface area (Å²) in [5, 5.41) is 7.22. The van der Waals surface area contributed by atoms with Crippen molar-refractivity contribution < 1.29 is 22.3 Å². The first kappa shape index (κ1) is 16.9. The summed E-state index contributed by atoms with van der Waals surface area (Å²) in [5.41, 5.74) is 0.780. The lowest BCUT2D eigenvalue weighted by atomic mass is 10.1. The molecule has 1 aromatic rings. The molecule has 0 fully saturated rings. The Morgan fingerprint density at radius 3 is 2.65 bits per heavy atom. The summed E-state index contributed by atoms with van der Waals surface area (Å²) in [4.78, 5) is 0. The largest absolute Gasteiger partial charge is 0.373 e. The molecule has 0 amide bonds. The Morgan fingerprint density at radius 1 is 1.45 bits per heavy atom. The Labute approximate surface area is 115 Å². The zero-order chi connectivity index (χ0) is 15.2. The van der Waals surface area contributed by atoms with Crippen molar-refractivity contribution in [2.45, 2.75) is 31.7 Å². The average molecular weight is 297 g/mol. The van der Waals surface area contributed by atoms with Crippen molar-refractivity contribution in [3.8, 4) is 0 Å². The molecular formula is C12H19F4N3O. The van der Waals surface area contributed by atoms with Crippen LogP contribution in [0.5, 0.6) is 0 Å². The molecule has 8 heteroatoms. The highest BCUT2D eigenvalue weighted by atomic mass is 19.3. The second kappa shape index (κ2) is 7.58. The van der Waals surface area contributed by atoms with E-state index in [-0.39, 0.29) is 12.6 Å². The number of nitrogens with zero attached hydrogens (tertiary/aromatic N) is 2. The molecule has 0 spiro atoms. The highest BCUT2D eigenvalue weighted by Gasteiger charge is 2.41. The quantitative estimate of drug-likeness (QED) is 0.707. The molecule has 0 aliphatic heterocycles. The highest BCUT2D eigenvalue weighted by Crippen LogP contribution is 2.22. The third-order valence-corrected chi connectivity index (χ3v) is 2.65. The van der Waals surface area contributed by atoms with Gasteiger partial charge in [0.25, 0.3) is 0 Å². The van der Waals surface area contributed by atoms with Crippen LogP contribution in [0.25, 0.3) is 0 Å². The lowest BCUT2D eigenvalue weighted by Gasteiger charge is -2.20. The highest BCUT2D eigenvalue weighted by molar-refractivity contribution is 5.01. The number of rotatable bonds is 9. The van der Waals surface area contributed by atoms with Gasteiger partial charge in [-0.1, -0.05) is 6.92 Å². The number of likely N-dealkylation sites (N-methyl/N-ethyl adjacent to an activating group) is 1. The molecule has 1 heterocycles. The van der Waals surface area contributed by atoms with E-state index < -0.39 is 19.0 Å². The molecule has 0 bridgehead atoms. The third-order valence-electron chi connectivity index (χ3n) is 2.65. The molecule has 0 aromatic carbocycles. The third kappa shape index (κ3) is 5.46. The van der Waals surface area contributed by atoms with Gasteiger partial charge in [-0.05, 0) is 12.6 Å². The molecular weight excluding hydrogens is 278 g/mol. The molecule has 0 aliphatic rings. The minimum absolute atomic E-state index is 0.0767. The summed E-state index contributed by atoms with van der Waals surface area (Å²) < 4.78 is 55.7. The topological polar surface area (TPSA) is 39.1 Å². The number of hydrogen-bond acceptors (Lipinski definition) is 3. The minimum Gasteiger partial charge on any atom is -0.373 e. The summed E-state index contributed by atoms with van der Waals surface area (Å²) in [6, 6.07) is 1.56. The van der Waals surface area contributed by atoms with Gasteiger partial charge in [-0.3, -0.25) is 4.68 Å². The lowest BCUT2D eigenvalue weighted by molar-refractivity contribution is -0.167. The minimum atomic E-state index is -4.11. The standard InChI is InChI=1S/C12H19F4N3O/c1-3-17-10(6-9-4-5-19(2)18-9)7-20-8-12(15,16)11(13)14/h4-5,10-11,17H,3,6-8H2,1-2H3. The van der Waals surface area contributed by atoms with Gasteiger partial charge in [-0.2, -0.15) is 13.9 Å². The number of halogens is 4. The Bertz CT molecular complexity index is 398. The van der Waals surface area contributed by atoms with Crippen molar-refractivity contribution >= 4 is 0 Å². The fourth-order valence-electron chi connectivity index (χ4n) is 1.70. The predicted octanol–water partition coefficient (Wildman–Crippen LogP) is 1.86. The van der Waals surface area contributed by atoms with E-state index in [0.29, 0.717) is 13.0 Å². The van der Waals surface area contributed by atoms with Crippen LogP contribution in [0.15, 0.2) is 12.3 Å². The molecule has 1 rings (SSSR count). The average Bonchev–Trinajstić information content (AvgIpc) is 2.74. The summed E-state index contributed by atoms with van der Waals surface area (Å²) in [6.45, 7) is 1.12. The Kier molecular flexibility index (Phi) is 6.41. The molecule has 0 saturated carbocycles. The van der Waals surface area contributed by atoms with Gasteiger partial charge in [0.15, 0.2) is 0 Å². The van der Waals surface area contributed by atoms with Crippen molar-refractivity contribution in [2.75, 3.05) is 19.8 Å². The normalized spacial score (nSPS) is 13.9. The maximum atomic E-state index is 12.7. The molecule has 1 aromatic heterocycles. The predicted molar refractivity (Wildman–Crippen MR) is 66.1 cm³/mol. The van der Waals surface area contributed by atoms with Gasteiger partial charge in [0, 0.05) is 25.7 Å². The Balaban J connectivity index is 2.43. The van der Waals surface area contributed by atoms with E-state index in [1.54, 1.807) is 24.0 Å². The van der Waals surface area contributed by atoms with E-state index in [9.17, 15) is 17.6 Å². The van der Waals surface area contributed by atoms with Crippen LogP contribution in [-0.2, 0) is 18.2 Å². The number of aromatic nitrogens is 2. The second-order valence-corrected chi connectivity index (χ2v) is 4.52. The summed E-state index contributed by atoms with van der Waals surface area (Å²) in [5.74, 6) is -4.11. The van der Waals surface area contributed by atoms with Crippen LogP contribution in [0, 0.1) is 0 Å². The maximum Gasteiger partial charge on any atom is 0.330 e. The van der Waals surface area contributed by atoms with Gasteiger partial charge in [0.05, 0.1) is 12.3 Å². The zero-order valence-electron chi connectivity index (χ0n) is 11.5. The van der Waals surface area contributed by atoms with E-state index in [1.165, 1.54) is 0 Å². The van der Waals surface area contributed by atoms with Crippen LogP contribution in [0.4, 0.5) is 17.6 Å². The van der Waals surface area contributed by atoms with E-state index in [4.69, 9.17) is 4.74 Å². The lowest BCUT2D eigenvalue weighted by Crippen LogP contribution is -2.39.